The third kappa shape index (κ3) is 1.73. The number of anilines is 1. The molecule has 0 aromatic carbocycles. The molecule has 0 radical (unpaired) electrons. The van der Waals surface area contributed by atoms with E-state index in [1.165, 1.54) is 37.8 Å². The van der Waals surface area contributed by atoms with Gasteiger partial charge in [0, 0.05) is 11.5 Å². The molecular weight excluding hydrogens is 250 g/mol. The molecule has 0 amide bonds. The molecule has 4 fully saturated rings. The second-order valence-corrected chi connectivity index (χ2v) is 7.06. The zero-order valence-electron chi connectivity index (χ0n) is 12.3. The van der Waals surface area contributed by atoms with Crippen LogP contribution in [0.2, 0.25) is 0 Å². The Kier molecular flexibility index (Phi) is 2.69. The molecule has 0 unspecified atom stereocenters. The van der Waals surface area contributed by atoms with E-state index in [9.17, 15) is 0 Å². The average molecular weight is 273 g/mol. The summed E-state index contributed by atoms with van der Waals surface area (Å²) in [6.07, 6.45) is 7.05. The Labute approximate surface area is 120 Å². The molecule has 0 spiro atoms. The van der Waals surface area contributed by atoms with Crippen molar-refractivity contribution in [1.82, 2.24) is 9.97 Å². The van der Waals surface area contributed by atoms with Gasteiger partial charge in [-0.25, -0.2) is 4.98 Å². The zero-order valence-corrected chi connectivity index (χ0v) is 12.3. The quantitative estimate of drug-likeness (QED) is 0.900. The summed E-state index contributed by atoms with van der Waals surface area (Å²) in [4.78, 5) is 8.82. The van der Waals surface area contributed by atoms with Gasteiger partial charge in [-0.15, -0.1) is 0 Å². The van der Waals surface area contributed by atoms with Crippen molar-refractivity contribution in [3.63, 3.8) is 0 Å². The monoisotopic (exact) mass is 273 g/mol. The number of ether oxygens (including phenoxy) is 1. The predicted molar refractivity (Wildman–Crippen MR) is 77.5 cm³/mol. The van der Waals surface area contributed by atoms with Gasteiger partial charge in [-0.3, -0.25) is 0 Å². The molecule has 1 aromatic heterocycles. The zero-order chi connectivity index (χ0) is 13.9. The number of hydrogen-bond donors (Lipinski definition) is 1. The topological polar surface area (TPSA) is 61.0 Å². The summed E-state index contributed by atoms with van der Waals surface area (Å²) in [5.74, 6) is 5.18. The largest absolute Gasteiger partial charge is 0.481 e. The van der Waals surface area contributed by atoms with E-state index >= 15 is 0 Å². The van der Waals surface area contributed by atoms with E-state index in [0.717, 1.165) is 29.2 Å². The average Bonchev–Trinajstić information content (AvgIpc) is 2.40. The Morgan fingerprint density at radius 3 is 2.15 bits per heavy atom. The lowest BCUT2D eigenvalue weighted by Gasteiger charge is -2.54. The molecule has 1 heterocycles. The molecular formula is C16H23N3O. The molecule has 20 heavy (non-hydrogen) atoms. The second kappa shape index (κ2) is 4.34. The van der Waals surface area contributed by atoms with Crippen molar-refractivity contribution in [3.8, 4) is 5.88 Å². The van der Waals surface area contributed by atoms with E-state index in [1.54, 1.807) is 7.11 Å². The van der Waals surface area contributed by atoms with Gasteiger partial charge in [0.25, 0.3) is 0 Å². The van der Waals surface area contributed by atoms with Gasteiger partial charge in [-0.2, -0.15) is 4.98 Å². The Morgan fingerprint density at radius 1 is 1.00 bits per heavy atom. The van der Waals surface area contributed by atoms with Crippen LogP contribution in [0.4, 0.5) is 5.95 Å². The van der Waals surface area contributed by atoms with E-state index < -0.39 is 0 Å². The van der Waals surface area contributed by atoms with E-state index in [0.29, 0.717) is 17.7 Å². The van der Waals surface area contributed by atoms with Crippen LogP contribution < -0.4 is 10.5 Å². The van der Waals surface area contributed by atoms with E-state index in [-0.39, 0.29) is 0 Å². The first kappa shape index (κ1) is 12.4. The van der Waals surface area contributed by atoms with Gasteiger partial charge in [0.2, 0.25) is 11.8 Å². The Balaban J connectivity index is 1.76. The second-order valence-electron chi connectivity index (χ2n) is 7.06. The van der Waals surface area contributed by atoms with Crippen molar-refractivity contribution >= 4 is 5.95 Å². The minimum atomic E-state index is 0.358. The van der Waals surface area contributed by atoms with Crippen LogP contribution in [-0.2, 0) is 0 Å². The van der Waals surface area contributed by atoms with E-state index in [4.69, 9.17) is 10.5 Å². The first-order valence-corrected chi connectivity index (χ1v) is 7.83. The van der Waals surface area contributed by atoms with Gasteiger partial charge in [-0.1, -0.05) is 0 Å². The number of methoxy groups -OCH3 is 1. The molecule has 2 N–H and O–H groups in total. The summed E-state index contributed by atoms with van der Waals surface area (Å²) in [5.41, 5.74) is 8.16. The number of nitrogen functional groups attached to an aromatic ring is 1. The van der Waals surface area contributed by atoms with Crippen LogP contribution in [0.15, 0.2) is 0 Å². The fourth-order valence-corrected chi connectivity index (χ4v) is 5.42. The number of hydrogen-bond acceptors (Lipinski definition) is 4. The lowest BCUT2D eigenvalue weighted by molar-refractivity contribution is -0.00444. The van der Waals surface area contributed by atoms with Crippen molar-refractivity contribution in [2.75, 3.05) is 12.8 Å². The third-order valence-electron chi connectivity index (χ3n) is 5.89. The normalized spacial score (nSPS) is 38.2. The van der Waals surface area contributed by atoms with E-state index in [1.807, 2.05) is 0 Å². The number of aromatic nitrogens is 2. The molecule has 108 valence electrons. The molecule has 4 bridgehead atoms. The molecule has 4 heteroatoms. The Morgan fingerprint density at radius 2 is 1.60 bits per heavy atom. The molecule has 5 rings (SSSR count). The van der Waals surface area contributed by atoms with Crippen LogP contribution in [0, 0.1) is 30.6 Å². The van der Waals surface area contributed by atoms with Crippen LogP contribution in [0.5, 0.6) is 5.88 Å². The van der Waals surface area contributed by atoms with Gasteiger partial charge in [0.05, 0.1) is 12.8 Å². The first-order valence-electron chi connectivity index (χ1n) is 7.83. The van der Waals surface area contributed by atoms with Crippen LogP contribution in [0.3, 0.4) is 0 Å². The lowest BCUT2D eigenvalue weighted by atomic mass is 9.51. The summed E-state index contributed by atoms with van der Waals surface area (Å²) >= 11 is 0. The Bertz CT molecular complexity index is 515. The molecule has 4 aliphatic carbocycles. The molecule has 4 aliphatic rings. The SMILES string of the molecule is COc1nc(N)nc(C2C3CC4CC(C3)CC2C4)c1C. The molecule has 4 saturated carbocycles. The number of rotatable bonds is 2. The van der Waals surface area contributed by atoms with Crippen molar-refractivity contribution in [2.45, 2.75) is 44.9 Å². The van der Waals surface area contributed by atoms with Crippen LogP contribution >= 0.6 is 0 Å². The van der Waals surface area contributed by atoms with Gasteiger partial charge < -0.3 is 10.5 Å². The van der Waals surface area contributed by atoms with Crippen LogP contribution in [0.25, 0.3) is 0 Å². The maximum absolute atomic E-state index is 5.89. The van der Waals surface area contributed by atoms with Crippen molar-refractivity contribution in [3.05, 3.63) is 11.3 Å². The summed E-state index contributed by atoms with van der Waals surface area (Å²) in [6.45, 7) is 2.08. The molecule has 4 nitrogen and oxygen atoms in total. The third-order valence-corrected chi connectivity index (χ3v) is 5.89. The van der Waals surface area contributed by atoms with Crippen LogP contribution in [0.1, 0.15) is 49.3 Å². The Hall–Kier alpha value is -1.32. The minimum absolute atomic E-state index is 0.358. The highest BCUT2D eigenvalue weighted by Crippen LogP contribution is 2.60. The van der Waals surface area contributed by atoms with E-state index in [2.05, 4.69) is 16.9 Å². The maximum Gasteiger partial charge on any atom is 0.223 e. The molecule has 0 saturated heterocycles. The van der Waals surface area contributed by atoms with Gasteiger partial charge in [0.15, 0.2) is 0 Å². The summed E-state index contributed by atoms with van der Waals surface area (Å²) in [7, 11) is 1.66. The fraction of sp³-hybridized carbons (Fsp3) is 0.750. The molecule has 0 aliphatic heterocycles. The maximum atomic E-state index is 5.89. The number of nitrogens with two attached hydrogens (primary N) is 1. The number of nitrogens with zero attached hydrogens (tertiary/aromatic N) is 2. The van der Waals surface area contributed by atoms with Crippen molar-refractivity contribution < 1.29 is 4.74 Å². The van der Waals surface area contributed by atoms with Crippen molar-refractivity contribution in [1.29, 1.82) is 0 Å². The summed E-state index contributed by atoms with van der Waals surface area (Å²) < 4.78 is 5.38. The highest BCUT2D eigenvalue weighted by Gasteiger charge is 2.49. The smallest absolute Gasteiger partial charge is 0.223 e. The first-order chi connectivity index (χ1) is 9.65. The minimum Gasteiger partial charge on any atom is -0.481 e. The summed E-state index contributed by atoms with van der Waals surface area (Å²) in [6, 6.07) is 0. The van der Waals surface area contributed by atoms with Crippen LogP contribution in [-0.4, -0.2) is 17.1 Å². The van der Waals surface area contributed by atoms with Gasteiger partial charge >= 0.3 is 0 Å². The lowest BCUT2D eigenvalue weighted by Crippen LogP contribution is -2.44. The van der Waals surface area contributed by atoms with Gasteiger partial charge in [0.1, 0.15) is 0 Å². The standard InChI is InChI=1S/C16H23N3O/c1-8-14(18-16(17)19-15(8)20-2)13-11-4-9-3-10(6-11)7-12(13)5-9/h9-13H,3-7H2,1-2H3,(H2,17,18,19). The summed E-state index contributed by atoms with van der Waals surface area (Å²) in [5, 5.41) is 0. The highest BCUT2D eigenvalue weighted by atomic mass is 16.5. The predicted octanol–water partition coefficient (Wildman–Crippen LogP) is 2.92. The fourth-order valence-electron chi connectivity index (χ4n) is 5.42. The molecule has 0 atom stereocenters. The van der Waals surface area contributed by atoms with Crippen molar-refractivity contribution in [2.24, 2.45) is 23.7 Å². The van der Waals surface area contributed by atoms with Gasteiger partial charge in [-0.05, 0) is 62.7 Å². The molecule has 1 aromatic rings. The highest BCUT2D eigenvalue weighted by molar-refractivity contribution is 5.38.